The first-order valence-corrected chi connectivity index (χ1v) is 7.53. The second-order valence-corrected chi connectivity index (χ2v) is 5.86. The Balaban J connectivity index is 2.21. The molecular weight excluding hydrogens is 262 g/mol. The molecule has 1 aromatic heterocycles. The lowest BCUT2D eigenvalue weighted by Gasteiger charge is -2.39. The maximum atomic E-state index is 12.2. The average Bonchev–Trinajstić information content (AvgIpc) is 2.44. The Kier molecular flexibility index (Phi) is 4.50. The molecule has 0 aromatic carbocycles. The van der Waals surface area contributed by atoms with Crippen LogP contribution < -0.4 is 10.9 Å². The van der Waals surface area contributed by atoms with Crippen molar-refractivity contribution in [1.82, 2.24) is 9.55 Å². The normalized spacial score (nSPS) is 27.2. The van der Waals surface area contributed by atoms with E-state index in [1.54, 1.807) is 17.0 Å². The number of aromatic nitrogens is 2. The molecule has 106 valence electrons. The van der Waals surface area contributed by atoms with Gasteiger partial charge in [-0.3, -0.25) is 4.79 Å². The molecule has 2 rings (SSSR count). The van der Waals surface area contributed by atoms with Gasteiger partial charge in [-0.2, -0.15) is 0 Å². The fourth-order valence-electron chi connectivity index (χ4n) is 2.64. The third-order valence-corrected chi connectivity index (χ3v) is 4.64. The van der Waals surface area contributed by atoms with Crippen LogP contribution in [-0.4, -0.2) is 21.0 Å². The lowest BCUT2D eigenvalue weighted by atomic mass is 9.78. The van der Waals surface area contributed by atoms with Crippen molar-refractivity contribution in [2.24, 2.45) is 5.92 Å². The van der Waals surface area contributed by atoms with E-state index in [1.807, 2.05) is 6.92 Å². The molecule has 0 unspecified atom stereocenters. The van der Waals surface area contributed by atoms with Crippen molar-refractivity contribution in [3.05, 3.63) is 22.7 Å². The van der Waals surface area contributed by atoms with Crippen LogP contribution in [0.2, 0.25) is 0 Å². The predicted molar refractivity (Wildman–Crippen MR) is 78.9 cm³/mol. The van der Waals surface area contributed by atoms with Gasteiger partial charge in [-0.1, -0.05) is 6.92 Å². The Morgan fingerprint density at radius 2 is 2.21 bits per heavy atom. The Morgan fingerprint density at radius 3 is 2.79 bits per heavy atom. The molecular formula is C14H22ClN3O. The molecule has 1 aliphatic rings. The van der Waals surface area contributed by atoms with E-state index in [9.17, 15) is 4.79 Å². The highest BCUT2D eigenvalue weighted by Gasteiger charge is 2.34. The van der Waals surface area contributed by atoms with Crippen molar-refractivity contribution in [3.8, 4) is 0 Å². The van der Waals surface area contributed by atoms with Crippen LogP contribution in [0.15, 0.2) is 17.2 Å². The summed E-state index contributed by atoms with van der Waals surface area (Å²) in [7, 11) is 0. The standard InChI is InChI=1S/C14H22ClN3O/c1-3-18-9-8-16-12(13(18)19)17-14(10-15)6-4-11(2)5-7-14/h8-9,11H,3-7,10H2,1-2H3,(H,16,17). The molecule has 0 bridgehead atoms. The quantitative estimate of drug-likeness (QED) is 0.865. The summed E-state index contributed by atoms with van der Waals surface area (Å²) in [5, 5.41) is 3.33. The fourth-order valence-corrected chi connectivity index (χ4v) is 2.97. The maximum Gasteiger partial charge on any atom is 0.293 e. The Bertz CT molecular complexity index is 478. The zero-order chi connectivity index (χ0) is 13.9. The molecule has 0 atom stereocenters. The molecule has 0 amide bonds. The first-order chi connectivity index (χ1) is 9.10. The van der Waals surface area contributed by atoms with Gasteiger partial charge in [-0.05, 0) is 38.5 Å². The molecule has 4 nitrogen and oxygen atoms in total. The van der Waals surface area contributed by atoms with Crippen LogP contribution in [0.1, 0.15) is 39.5 Å². The van der Waals surface area contributed by atoms with Gasteiger partial charge in [0, 0.05) is 24.8 Å². The summed E-state index contributed by atoms with van der Waals surface area (Å²) in [5.74, 6) is 1.69. The van der Waals surface area contributed by atoms with E-state index in [0.717, 1.165) is 31.6 Å². The third kappa shape index (κ3) is 3.11. The molecule has 1 fully saturated rings. The minimum absolute atomic E-state index is 0.0619. The van der Waals surface area contributed by atoms with Crippen molar-refractivity contribution in [3.63, 3.8) is 0 Å². The summed E-state index contributed by atoms with van der Waals surface area (Å²) in [6.07, 6.45) is 7.67. The summed E-state index contributed by atoms with van der Waals surface area (Å²) in [6.45, 7) is 4.87. The van der Waals surface area contributed by atoms with E-state index in [4.69, 9.17) is 11.6 Å². The second kappa shape index (κ2) is 5.95. The Labute approximate surface area is 119 Å². The van der Waals surface area contributed by atoms with Gasteiger partial charge in [-0.15, -0.1) is 11.6 Å². The van der Waals surface area contributed by atoms with Crippen molar-refractivity contribution in [2.75, 3.05) is 11.2 Å². The minimum Gasteiger partial charge on any atom is -0.359 e. The average molecular weight is 284 g/mol. The van der Waals surface area contributed by atoms with Crippen LogP contribution in [0.25, 0.3) is 0 Å². The highest BCUT2D eigenvalue weighted by Crippen LogP contribution is 2.34. The van der Waals surface area contributed by atoms with Crippen LogP contribution >= 0.6 is 11.6 Å². The van der Waals surface area contributed by atoms with Crippen LogP contribution in [-0.2, 0) is 6.54 Å². The maximum absolute atomic E-state index is 12.2. The van der Waals surface area contributed by atoms with Crippen LogP contribution in [0.4, 0.5) is 5.82 Å². The molecule has 1 aromatic rings. The third-order valence-electron chi connectivity index (χ3n) is 4.13. The summed E-state index contributed by atoms with van der Waals surface area (Å²) < 4.78 is 1.66. The number of hydrogen-bond donors (Lipinski definition) is 1. The number of alkyl halides is 1. The molecule has 1 N–H and O–H groups in total. The largest absolute Gasteiger partial charge is 0.359 e. The molecule has 0 aliphatic heterocycles. The Hall–Kier alpha value is -1.03. The Morgan fingerprint density at radius 1 is 1.53 bits per heavy atom. The van der Waals surface area contributed by atoms with E-state index in [2.05, 4.69) is 17.2 Å². The van der Waals surface area contributed by atoms with Crippen molar-refractivity contribution < 1.29 is 0 Å². The minimum atomic E-state index is -0.173. The molecule has 19 heavy (non-hydrogen) atoms. The van der Waals surface area contributed by atoms with Crippen LogP contribution in [0.3, 0.4) is 0 Å². The van der Waals surface area contributed by atoms with Crippen LogP contribution in [0, 0.1) is 5.92 Å². The van der Waals surface area contributed by atoms with Crippen molar-refractivity contribution >= 4 is 17.4 Å². The van der Waals surface area contributed by atoms with Gasteiger partial charge in [-0.25, -0.2) is 4.98 Å². The number of halogens is 1. The summed E-state index contributed by atoms with van der Waals surface area (Å²) in [5.41, 5.74) is -0.235. The van der Waals surface area contributed by atoms with Gasteiger partial charge in [0.2, 0.25) is 0 Å². The molecule has 0 saturated heterocycles. The van der Waals surface area contributed by atoms with Crippen LogP contribution in [0.5, 0.6) is 0 Å². The molecule has 5 heteroatoms. The van der Waals surface area contributed by atoms with E-state index in [0.29, 0.717) is 18.2 Å². The van der Waals surface area contributed by atoms with Gasteiger partial charge < -0.3 is 9.88 Å². The van der Waals surface area contributed by atoms with E-state index in [-0.39, 0.29) is 11.1 Å². The SMILES string of the molecule is CCn1ccnc(NC2(CCl)CCC(C)CC2)c1=O. The lowest BCUT2D eigenvalue weighted by molar-refractivity contribution is 0.286. The molecule has 0 spiro atoms. The fraction of sp³-hybridized carbons (Fsp3) is 0.714. The van der Waals surface area contributed by atoms with Gasteiger partial charge >= 0.3 is 0 Å². The number of rotatable bonds is 4. The molecule has 1 heterocycles. The number of nitrogens with one attached hydrogen (secondary N) is 1. The van der Waals surface area contributed by atoms with E-state index < -0.39 is 0 Å². The van der Waals surface area contributed by atoms with Gasteiger partial charge in [0.25, 0.3) is 5.56 Å². The summed E-state index contributed by atoms with van der Waals surface area (Å²) >= 11 is 6.16. The molecule has 1 aliphatic carbocycles. The predicted octanol–water partition coefficient (Wildman–Crippen LogP) is 2.86. The van der Waals surface area contributed by atoms with E-state index >= 15 is 0 Å². The highest BCUT2D eigenvalue weighted by molar-refractivity contribution is 6.18. The summed E-state index contributed by atoms with van der Waals surface area (Å²) in [4.78, 5) is 16.4. The number of hydrogen-bond acceptors (Lipinski definition) is 3. The van der Waals surface area contributed by atoms with Crippen molar-refractivity contribution in [1.29, 1.82) is 0 Å². The molecule has 0 radical (unpaired) electrons. The first-order valence-electron chi connectivity index (χ1n) is 7.00. The highest BCUT2D eigenvalue weighted by atomic mass is 35.5. The number of anilines is 1. The zero-order valence-electron chi connectivity index (χ0n) is 11.7. The number of nitrogens with zero attached hydrogens (tertiary/aromatic N) is 2. The first kappa shape index (κ1) is 14.4. The number of aryl methyl sites for hydroxylation is 1. The second-order valence-electron chi connectivity index (χ2n) is 5.59. The smallest absolute Gasteiger partial charge is 0.293 e. The van der Waals surface area contributed by atoms with Gasteiger partial charge in [0.15, 0.2) is 5.82 Å². The van der Waals surface area contributed by atoms with Crippen molar-refractivity contribution in [2.45, 2.75) is 51.6 Å². The molecule has 1 saturated carbocycles. The zero-order valence-corrected chi connectivity index (χ0v) is 12.4. The van der Waals surface area contributed by atoms with Gasteiger partial charge in [0.05, 0.1) is 5.54 Å². The topological polar surface area (TPSA) is 46.9 Å². The van der Waals surface area contributed by atoms with Gasteiger partial charge in [0.1, 0.15) is 0 Å². The monoisotopic (exact) mass is 283 g/mol. The summed E-state index contributed by atoms with van der Waals surface area (Å²) in [6, 6.07) is 0. The van der Waals surface area contributed by atoms with E-state index in [1.165, 1.54) is 0 Å². The lowest BCUT2D eigenvalue weighted by Crippen LogP contribution is -2.45.